The van der Waals surface area contributed by atoms with Gasteiger partial charge in [0.05, 0.1) is 6.42 Å². The van der Waals surface area contributed by atoms with Gasteiger partial charge in [0.25, 0.3) is 0 Å². The number of unbranched alkanes of at least 4 members (excludes halogenated alkanes) is 1. The van der Waals surface area contributed by atoms with Crippen LogP contribution in [0.15, 0.2) is 30.3 Å². The maximum Gasteiger partial charge on any atom is 0.329 e. The standard InChI is InChI=1S/C27H41N3O5/c1-6-8-12-18(4)22-16-23(31)29-21(15-20-13-10-9-11-14-20)26(33)28-19(5)25(32)30-24(17(3)7-2)27(34)35-22/h9-11,13-14,17-19,21-22,24H,6-8,12,15-16H2,1-5H3,(H,28,33)(H,29,31)(H,30,32)/t17-,18+,19-,21-,22-,24?/m0/s1. The van der Waals surface area contributed by atoms with Gasteiger partial charge in [0.1, 0.15) is 24.2 Å². The molecule has 0 aromatic heterocycles. The van der Waals surface area contributed by atoms with Crippen molar-refractivity contribution < 1.29 is 23.9 Å². The van der Waals surface area contributed by atoms with Gasteiger partial charge >= 0.3 is 5.97 Å². The first kappa shape index (κ1) is 28.3. The van der Waals surface area contributed by atoms with Crippen LogP contribution in [0.4, 0.5) is 0 Å². The van der Waals surface area contributed by atoms with Gasteiger partial charge < -0.3 is 20.7 Å². The molecular formula is C27H41N3O5. The molecule has 3 amide bonds. The summed E-state index contributed by atoms with van der Waals surface area (Å²) in [5.41, 5.74) is 0.880. The molecule has 1 aliphatic rings. The minimum atomic E-state index is -0.892. The van der Waals surface area contributed by atoms with Crippen LogP contribution in [0.5, 0.6) is 0 Å². The normalized spacial score (nSPS) is 26.1. The summed E-state index contributed by atoms with van der Waals surface area (Å²) in [6.07, 6.45) is 2.95. The topological polar surface area (TPSA) is 114 Å². The Labute approximate surface area is 208 Å². The first-order chi connectivity index (χ1) is 16.7. The molecule has 0 aliphatic carbocycles. The second-order valence-corrected chi connectivity index (χ2v) is 9.71. The summed E-state index contributed by atoms with van der Waals surface area (Å²) in [5.74, 6) is -2.07. The van der Waals surface area contributed by atoms with Gasteiger partial charge in [0, 0.05) is 6.42 Å². The summed E-state index contributed by atoms with van der Waals surface area (Å²) >= 11 is 0. The van der Waals surface area contributed by atoms with E-state index in [1.807, 2.05) is 51.1 Å². The molecule has 1 fully saturated rings. The lowest BCUT2D eigenvalue weighted by molar-refractivity contribution is -0.158. The number of hydrogen-bond donors (Lipinski definition) is 3. The predicted octanol–water partition coefficient (Wildman–Crippen LogP) is 2.89. The second kappa shape index (κ2) is 13.9. The van der Waals surface area contributed by atoms with E-state index < -0.39 is 42.0 Å². The van der Waals surface area contributed by atoms with Crippen molar-refractivity contribution in [3.8, 4) is 0 Å². The summed E-state index contributed by atoms with van der Waals surface area (Å²) in [6, 6.07) is 6.75. The first-order valence-electron chi connectivity index (χ1n) is 12.8. The molecule has 3 N–H and O–H groups in total. The van der Waals surface area contributed by atoms with E-state index >= 15 is 0 Å². The number of esters is 1. The van der Waals surface area contributed by atoms with Crippen molar-refractivity contribution >= 4 is 23.7 Å². The van der Waals surface area contributed by atoms with Crippen molar-refractivity contribution in [1.82, 2.24) is 16.0 Å². The molecule has 35 heavy (non-hydrogen) atoms. The number of hydrogen-bond acceptors (Lipinski definition) is 5. The molecule has 194 valence electrons. The van der Waals surface area contributed by atoms with E-state index in [1.165, 1.54) is 0 Å². The van der Waals surface area contributed by atoms with Gasteiger partial charge in [-0.2, -0.15) is 0 Å². The van der Waals surface area contributed by atoms with Crippen molar-refractivity contribution in [1.29, 1.82) is 0 Å². The molecule has 6 atom stereocenters. The highest BCUT2D eigenvalue weighted by molar-refractivity contribution is 5.94. The molecule has 1 saturated heterocycles. The maximum absolute atomic E-state index is 13.2. The Kier molecular flexibility index (Phi) is 11.2. The fourth-order valence-electron chi connectivity index (χ4n) is 4.12. The molecule has 1 heterocycles. The number of nitrogens with one attached hydrogen (secondary N) is 3. The third kappa shape index (κ3) is 8.67. The number of carbonyl (C=O) groups is 4. The number of amides is 3. The Morgan fingerprint density at radius 1 is 0.943 bits per heavy atom. The zero-order valence-electron chi connectivity index (χ0n) is 21.6. The van der Waals surface area contributed by atoms with Crippen molar-refractivity contribution in [2.75, 3.05) is 0 Å². The quantitative estimate of drug-likeness (QED) is 0.488. The molecule has 1 aromatic carbocycles. The van der Waals surface area contributed by atoms with E-state index in [2.05, 4.69) is 22.9 Å². The average Bonchev–Trinajstić information content (AvgIpc) is 2.84. The lowest BCUT2D eigenvalue weighted by Crippen LogP contribution is -2.55. The lowest BCUT2D eigenvalue weighted by atomic mass is 9.94. The van der Waals surface area contributed by atoms with Crippen molar-refractivity contribution in [2.45, 2.75) is 97.4 Å². The van der Waals surface area contributed by atoms with Gasteiger partial charge in [-0.05, 0) is 30.7 Å². The fourth-order valence-corrected chi connectivity index (χ4v) is 4.12. The molecule has 0 radical (unpaired) electrons. The van der Waals surface area contributed by atoms with Crippen LogP contribution in [0.1, 0.15) is 72.3 Å². The molecular weight excluding hydrogens is 446 g/mol. The van der Waals surface area contributed by atoms with Crippen LogP contribution in [-0.4, -0.2) is 47.9 Å². The summed E-state index contributed by atoms with van der Waals surface area (Å²) in [6.45, 7) is 9.40. The minimum Gasteiger partial charge on any atom is -0.460 e. The molecule has 1 unspecified atom stereocenters. The highest BCUT2D eigenvalue weighted by Crippen LogP contribution is 2.21. The van der Waals surface area contributed by atoms with Crippen molar-refractivity contribution in [3.63, 3.8) is 0 Å². The van der Waals surface area contributed by atoms with Crippen molar-refractivity contribution in [2.24, 2.45) is 11.8 Å². The number of cyclic esters (lactones) is 1. The van der Waals surface area contributed by atoms with Crippen LogP contribution in [0.3, 0.4) is 0 Å². The van der Waals surface area contributed by atoms with E-state index in [0.29, 0.717) is 6.42 Å². The first-order valence-corrected chi connectivity index (χ1v) is 12.8. The van der Waals surface area contributed by atoms with Crippen LogP contribution in [0, 0.1) is 11.8 Å². The summed E-state index contributed by atoms with van der Waals surface area (Å²) in [5, 5.41) is 8.28. The van der Waals surface area contributed by atoms with Crippen LogP contribution in [0.2, 0.25) is 0 Å². The third-order valence-corrected chi connectivity index (χ3v) is 6.75. The molecule has 0 bridgehead atoms. The molecule has 0 saturated carbocycles. The predicted molar refractivity (Wildman–Crippen MR) is 134 cm³/mol. The third-order valence-electron chi connectivity index (χ3n) is 6.75. The van der Waals surface area contributed by atoms with Crippen LogP contribution in [0.25, 0.3) is 0 Å². The van der Waals surface area contributed by atoms with E-state index in [1.54, 1.807) is 6.92 Å². The summed E-state index contributed by atoms with van der Waals surface area (Å²) < 4.78 is 5.87. The maximum atomic E-state index is 13.2. The molecule has 2 rings (SSSR count). The number of ether oxygens (including phenoxy) is 1. The van der Waals surface area contributed by atoms with Crippen LogP contribution < -0.4 is 16.0 Å². The number of carbonyl (C=O) groups excluding carboxylic acids is 4. The van der Waals surface area contributed by atoms with Crippen LogP contribution in [-0.2, 0) is 30.3 Å². The largest absolute Gasteiger partial charge is 0.460 e. The van der Waals surface area contributed by atoms with Crippen molar-refractivity contribution in [3.05, 3.63) is 35.9 Å². The van der Waals surface area contributed by atoms with Gasteiger partial charge in [0.15, 0.2) is 0 Å². The Bertz CT molecular complexity index is 860. The number of rotatable bonds is 8. The SMILES string of the molecule is CCCC[C@@H](C)[C@@H]1CC(=O)N[C@@H](Cc2ccccc2)C(=O)N[C@@H](C)C(=O)NC([C@@H](C)CC)C(=O)O1. The molecule has 0 spiro atoms. The minimum absolute atomic E-state index is 0.0497. The van der Waals surface area contributed by atoms with Gasteiger partial charge in [-0.15, -0.1) is 0 Å². The van der Waals surface area contributed by atoms with E-state index in [-0.39, 0.29) is 30.6 Å². The highest BCUT2D eigenvalue weighted by Gasteiger charge is 2.35. The highest BCUT2D eigenvalue weighted by atomic mass is 16.5. The zero-order chi connectivity index (χ0) is 26.0. The van der Waals surface area contributed by atoms with Gasteiger partial charge in [-0.1, -0.05) is 77.3 Å². The summed E-state index contributed by atoms with van der Waals surface area (Å²) in [7, 11) is 0. The monoisotopic (exact) mass is 487 g/mol. The Morgan fingerprint density at radius 2 is 1.63 bits per heavy atom. The second-order valence-electron chi connectivity index (χ2n) is 9.71. The van der Waals surface area contributed by atoms with E-state index in [9.17, 15) is 19.2 Å². The van der Waals surface area contributed by atoms with E-state index in [0.717, 1.165) is 24.8 Å². The lowest BCUT2D eigenvalue weighted by Gasteiger charge is -2.29. The number of benzene rings is 1. The Morgan fingerprint density at radius 3 is 2.26 bits per heavy atom. The molecule has 8 nitrogen and oxygen atoms in total. The van der Waals surface area contributed by atoms with Gasteiger partial charge in [-0.25, -0.2) is 4.79 Å². The van der Waals surface area contributed by atoms with E-state index in [4.69, 9.17) is 4.74 Å². The average molecular weight is 488 g/mol. The Hall–Kier alpha value is -2.90. The zero-order valence-corrected chi connectivity index (χ0v) is 21.6. The van der Waals surface area contributed by atoms with Crippen LogP contribution >= 0.6 is 0 Å². The fraction of sp³-hybridized carbons (Fsp3) is 0.630. The molecule has 1 aromatic rings. The van der Waals surface area contributed by atoms with Gasteiger partial charge in [-0.3, -0.25) is 14.4 Å². The Balaban J connectivity index is 2.37. The smallest absolute Gasteiger partial charge is 0.329 e. The summed E-state index contributed by atoms with van der Waals surface area (Å²) in [4.78, 5) is 52.3. The molecule has 8 heteroatoms. The molecule has 1 aliphatic heterocycles. The van der Waals surface area contributed by atoms with Gasteiger partial charge in [0.2, 0.25) is 17.7 Å².